The molecular formula is C39H48BrN3O8. The van der Waals surface area contributed by atoms with Crippen LogP contribution >= 0.6 is 15.9 Å². The lowest BCUT2D eigenvalue weighted by atomic mass is 9.70. The number of aliphatic hydroxyl groups excluding tert-OH is 1. The standard InChI is InChI=1S/C39H48BrN3O8/c1-7-9-15-30(45)41-28(22-49-6)33(26-13-11-10-12-14-26)50-38(48)31-32-36(46)43(25(5)21-44)35(39(32)20-27(40)34(31)51-39)37(47)42(18-8-2)29-19-23(3)16-17-24(29)4/h7-8,10-14,16-17,19,25,27-28,31-35,44H,1-2,9,15,18,20-22H2,3-6H3,(H,41,45)/t25-,27?,28-,31+,32-,33-,34+,35+,39-/m1/s1. The van der Waals surface area contributed by atoms with Crippen molar-refractivity contribution in [3.63, 3.8) is 0 Å². The number of likely N-dealkylation sites (tertiary alicyclic amines) is 1. The van der Waals surface area contributed by atoms with Gasteiger partial charge in [0.2, 0.25) is 11.8 Å². The zero-order valence-corrected chi connectivity index (χ0v) is 31.2. The number of nitrogens with one attached hydrogen (secondary N) is 1. The van der Waals surface area contributed by atoms with Crippen LogP contribution in [0, 0.1) is 25.7 Å². The number of carbonyl (C=O) groups is 4. The average Bonchev–Trinajstić information content (AvgIpc) is 3.72. The van der Waals surface area contributed by atoms with Gasteiger partial charge in [0.25, 0.3) is 5.91 Å². The second kappa shape index (κ2) is 16.2. The van der Waals surface area contributed by atoms with Gasteiger partial charge < -0.3 is 34.4 Å². The molecule has 3 amide bonds. The Morgan fingerprint density at radius 1 is 1.18 bits per heavy atom. The first kappa shape index (κ1) is 38.4. The van der Waals surface area contributed by atoms with Gasteiger partial charge >= 0.3 is 5.97 Å². The van der Waals surface area contributed by atoms with Crippen molar-refractivity contribution in [2.24, 2.45) is 11.8 Å². The number of hydrogen-bond acceptors (Lipinski definition) is 8. The van der Waals surface area contributed by atoms with Crippen LogP contribution in [0.1, 0.15) is 49.0 Å². The second-order valence-electron chi connectivity index (χ2n) is 13.7. The van der Waals surface area contributed by atoms with Gasteiger partial charge in [0, 0.05) is 30.6 Å². The van der Waals surface area contributed by atoms with E-state index in [0.717, 1.165) is 11.1 Å². The maximum Gasteiger partial charge on any atom is 0.313 e. The number of anilines is 1. The minimum Gasteiger partial charge on any atom is -0.455 e. The molecule has 274 valence electrons. The van der Waals surface area contributed by atoms with Crippen LogP contribution in [-0.2, 0) is 33.4 Å². The van der Waals surface area contributed by atoms with Crippen molar-refractivity contribution in [2.45, 2.75) is 80.8 Å². The molecular weight excluding hydrogens is 718 g/mol. The average molecular weight is 767 g/mol. The minimum atomic E-state index is -1.38. The number of hydrogen-bond donors (Lipinski definition) is 2. The number of carbonyl (C=O) groups excluding carboxylic acids is 4. The highest BCUT2D eigenvalue weighted by Crippen LogP contribution is 2.61. The predicted molar refractivity (Wildman–Crippen MR) is 196 cm³/mol. The van der Waals surface area contributed by atoms with Gasteiger partial charge in [0.1, 0.15) is 17.7 Å². The number of amides is 3. The van der Waals surface area contributed by atoms with Crippen molar-refractivity contribution in [3.05, 3.63) is 90.5 Å². The molecule has 1 spiro atoms. The Balaban J connectivity index is 1.54. The van der Waals surface area contributed by atoms with Crippen LogP contribution in [0.15, 0.2) is 73.8 Å². The van der Waals surface area contributed by atoms with E-state index < -0.39 is 72.2 Å². The Hall–Kier alpha value is -3.84. The number of ether oxygens (including phenoxy) is 3. The number of benzene rings is 2. The van der Waals surface area contributed by atoms with E-state index in [-0.39, 0.29) is 36.7 Å². The highest BCUT2D eigenvalue weighted by molar-refractivity contribution is 9.09. The van der Waals surface area contributed by atoms with Gasteiger partial charge in [-0.25, -0.2) is 0 Å². The van der Waals surface area contributed by atoms with Gasteiger partial charge in [-0.3, -0.25) is 19.2 Å². The van der Waals surface area contributed by atoms with Crippen LogP contribution in [0.2, 0.25) is 0 Å². The van der Waals surface area contributed by atoms with E-state index >= 15 is 0 Å². The number of alkyl halides is 1. The van der Waals surface area contributed by atoms with Crippen molar-refractivity contribution in [3.8, 4) is 0 Å². The molecule has 11 nitrogen and oxygen atoms in total. The van der Waals surface area contributed by atoms with Gasteiger partial charge in [-0.05, 0) is 56.4 Å². The molecule has 3 fully saturated rings. The highest BCUT2D eigenvalue weighted by Gasteiger charge is 2.77. The molecule has 5 rings (SSSR count). The number of fused-ring (bicyclic) bond motifs is 1. The predicted octanol–water partition coefficient (Wildman–Crippen LogP) is 4.33. The largest absolute Gasteiger partial charge is 0.455 e. The fourth-order valence-corrected chi connectivity index (χ4v) is 8.84. The molecule has 2 bridgehead atoms. The normalized spacial score (nSPS) is 26.6. The van der Waals surface area contributed by atoms with Crippen molar-refractivity contribution in [1.29, 1.82) is 0 Å². The first-order chi connectivity index (χ1) is 24.4. The monoisotopic (exact) mass is 765 g/mol. The van der Waals surface area contributed by atoms with E-state index in [0.29, 0.717) is 17.7 Å². The van der Waals surface area contributed by atoms with Crippen LogP contribution < -0.4 is 10.2 Å². The van der Waals surface area contributed by atoms with Crippen molar-refractivity contribution in [2.75, 3.05) is 31.8 Å². The van der Waals surface area contributed by atoms with Gasteiger partial charge in [0.15, 0.2) is 0 Å². The third kappa shape index (κ3) is 7.28. The summed E-state index contributed by atoms with van der Waals surface area (Å²) in [6, 6.07) is 12.2. The molecule has 9 atom stereocenters. The highest BCUT2D eigenvalue weighted by atomic mass is 79.9. The van der Waals surface area contributed by atoms with Crippen LogP contribution in [-0.4, -0.2) is 95.2 Å². The molecule has 2 aromatic rings. The summed E-state index contributed by atoms with van der Waals surface area (Å²) in [7, 11) is 1.49. The molecule has 2 aromatic carbocycles. The number of aliphatic hydroxyl groups is 1. The molecule has 51 heavy (non-hydrogen) atoms. The van der Waals surface area contributed by atoms with Gasteiger partial charge in [-0.15, -0.1) is 13.2 Å². The molecule has 0 saturated carbocycles. The van der Waals surface area contributed by atoms with Crippen LogP contribution in [0.25, 0.3) is 0 Å². The molecule has 3 aliphatic heterocycles. The Labute approximate surface area is 308 Å². The zero-order valence-electron chi connectivity index (χ0n) is 29.6. The zero-order chi connectivity index (χ0) is 37.0. The number of nitrogens with zero attached hydrogens (tertiary/aromatic N) is 2. The lowest BCUT2D eigenvalue weighted by Crippen LogP contribution is -2.59. The number of rotatable bonds is 16. The SMILES string of the molecule is C=CCCC(=O)N[C@H](COC)[C@H](OC(=O)[C@@H]1[C@H]2O[C@@]3(CC2Br)[C@H](C(=O)N(CC=C)c2cc(C)ccc2C)N([C@H](C)CO)C(=O)[C@@H]13)c1ccccc1. The summed E-state index contributed by atoms with van der Waals surface area (Å²) >= 11 is 3.72. The third-order valence-corrected chi connectivity index (χ3v) is 11.1. The smallest absolute Gasteiger partial charge is 0.313 e. The van der Waals surface area contributed by atoms with Crippen molar-refractivity contribution in [1.82, 2.24) is 10.2 Å². The number of esters is 1. The summed E-state index contributed by atoms with van der Waals surface area (Å²) in [6.07, 6.45) is 2.48. The van der Waals surface area contributed by atoms with E-state index in [2.05, 4.69) is 34.4 Å². The topological polar surface area (TPSA) is 135 Å². The van der Waals surface area contributed by atoms with Gasteiger partial charge in [-0.2, -0.15) is 0 Å². The summed E-state index contributed by atoms with van der Waals surface area (Å²) in [5, 5.41) is 13.3. The van der Waals surface area contributed by atoms with Crippen LogP contribution in [0.3, 0.4) is 0 Å². The molecule has 2 N–H and O–H groups in total. The Morgan fingerprint density at radius 2 is 1.90 bits per heavy atom. The van der Waals surface area contributed by atoms with E-state index in [4.69, 9.17) is 14.2 Å². The number of aryl methyl sites for hydroxylation is 2. The Bertz CT molecular complexity index is 1640. The van der Waals surface area contributed by atoms with Crippen LogP contribution in [0.4, 0.5) is 5.69 Å². The molecule has 3 saturated heterocycles. The first-order valence-electron chi connectivity index (χ1n) is 17.3. The quantitative estimate of drug-likeness (QED) is 0.147. The molecule has 0 aliphatic carbocycles. The number of allylic oxidation sites excluding steroid dienone is 1. The third-order valence-electron chi connectivity index (χ3n) is 10.2. The fourth-order valence-electron chi connectivity index (χ4n) is 7.90. The van der Waals surface area contributed by atoms with Crippen molar-refractivity contribution < 1.29 is 38.5 Å². The van der Waals surface area contributed by atoms with E-state index in [1.165, 1.54) is 12.0 Å². The fraction of sp³-hybridized carbons (Fsp3) is 0.487. The van der Waals surface area contributed by atoms with E-state index in [1.807, 2.05) is 38.1 Å². The summed E-state index contributed by atoms with van der Waals surface area (Å²) in [4.78, 5) is 59.6. The number of methoxy groups -OCH3 is 1. The maximum absolute atomic E-state index is 14.9. The summed E-state index contributed by atoms with van der Waals surface area (Å²) < 4.78 is 18.5. The van der Waals surface area contributed by atoms with E-state index in [1.54, 1.807) is 48.2 Å². The summed E-state index contributed by atoms with van der Waals surface area (Å²) in [5.41, 5.74) is 1.73. The second-order valence-corrected chi connectivity index (χ2v) is 14.9. The lowest BCUT2D eigenvalue weighted by molar-refractivity contribution is -0.163. The summed E-state index contributed by atoms with van der Waals surface area (Å²) in [6.45, 7) is 12.9. The van der Waals surface area contributed by atoms with Gasteiger partial charge in [0.05, 0.1) is 43.2 Å². The summed E-state index contributed by atoms with van der Waals surface area (Å²) in [5.74, 6) is -3.94. The lowest BCUT2D eigenvalue weighted by Gasteiger charge is -2.39. The Morgan fingerprint density at radius 3 is 2.55 bits per heavy atom. The van der Waals surface area contributed by atoms with Crippen molar-refractivity contribution >= 4 is 45.3 Å². The van der Waals surface area contributed by atoms with E-state index in [9.17, 15) is 24.3 Å². The molecule has 3 heterocycles. The molecule has 1 unspecified atom stereocenters. The Kier molecular flexibility index (Phi) is 12.2. The molecule has 0 aromatic heterocycles. The molecule has 0 radical (unpaired) electrons. The van der Waals surface area contributed by atoms with Crippen LogP contribution in [0.5, 0.6) is 0 Å². The number of halogens is 1. The molecule has 12 heteroatoms. The maximum atomic E-state index is 14.9. The first-order valence-corrected chi connectivity index (χ1v) is 18.2. The van der Waals surface area contributed by atoms with Gasteiger partial charge in [-0.1, -0.05) is 70.5 Å². The molecule has 3 aliphatic rings. The minimum absolute atomic E-state index is 0.0422.